The number of hydrogen-bond donors (Lipinski definition) is 2. The number of aromatic nitrogens is 1. The minimum atomic E-state index is 0.547. The molecule has 0 aliphatic heterocycles. The van der Waals surface area contributed by atoms with Gasteiger partial charge >= 0.3 is 0 Å². The molecule has 1 aliphatic carbocycles. The fourth-order valence-corrected chi connectivity index (χ4v) is 2.67. The van der Waals surface area contributed by atoms with Crippen LogP contribution in [0.15, 0.2) is 12.1 Å². The highest BCUT2D eigenvalue weighted by Crippen LogP contribution is 2.29. The van der Waals surface area contributed by atoms with E-state index in [1.807, 2.05) is 19.1 Å². The van der Waals surface area contributed by atoms with Gasteiger partial charge in [-0.2, -0.15) is 0 Å². The van der Waals surface area contributed by atoms with E-state index in [0.717, 1.165) is 23.1 Å². The molecule has 1 aliphatic rings. The van der Waals surface area contributed by atoms with Crippen LogP contribution in [0.4, 0.5) is 11.5 Å². The average molecular weight is 233 g/mol. The summed E-state index contributed by atoms with van der Waals surface area (Å²) >= 11 is 0. The maximum Gasteiger partial charge on any atom is 0.149 e. The topological polar surface area (TPSA) is 50.9 Å². The van der Waals surface area contributed by atoms with E-state index in [-0.39, 0.29) is 0 Å². The van der Waals surface area contributed by atoms with Crippen molar-refractivity contribution in [3.8, 4) is 0 Å². The molecule has 0 saturated heterocycles. The smallest absolute Gasteiger partial charge is 0.149 e. The molecule has 3 N–H and O–H groups in total. The van der Waals surface area contributed by atoms with Crippen molar-refractivity contribution in [2.45, 2.75) is 52.0 Å². The molecule has 0 amide bonds. The first-order valence-electron chi connectivity index (χ1n) is 6.68. The summed E-state index contributed by atoms with van der Waals surface area (Å²) < 4.78 is 0. The zero-order valence-electron chi connectivity index (χ0n) is 10.9. The summed E-state index contributed by atoms with van der Waals surface area (Å²) in [6.45, 7) is 4.28. The molecular formula is C14H23N3. The van der Waals surface area contributed by atoms with E-state index < -0.39 is 0 Å². The van der Waals surface area contributed by atoms with Gasteiger partial charge < -0.3 is 11.1 Å². The SMILES string of the molecule is CCC1CCCC(Nc2nc(C)ccc2N)C1. The molecule has 0 aromatic carbocycles. The number of rotatable bonds is 3. The molecule has 94 valence electrons. The highest BCUT2D eigenvalue weighted by Gasteiger charge is 2.21. The first-order valence-corrected chi connectivity index (χ1v) is 6.68. The standard InChI is InChI=1S/C14H23N3/c1-3-11-5-4-6-12(9-11)17-14-13(15)8-7-10(2)16-14/h7-8,11-12H,3-6,9,15H2,1-2H3,(H,16,17). The lowest BCUT2D eigenvalue weighted by molar-refractivity contribution is 0.327. The van der Waals surface area contributed by atoms with Crippen LogP contribution in [0.2, 0.25) is 0 Å². The minimum absolute atomic E-state index is 0.547. The van der Waals surface area contributed by atoms with Gasteiger partial charge in [0.25, 0.3) is 0 Å². The highest BCUT2D eigenvalue weighted by molar-refractivity contribution is 5.61. The summed E-state index contributed by atoms with van der Waals surface area (Å²) in [5.41, 5.74) is 7.73. The van der Waals surface area contributed by atoms with Crippen molar-refractivity contribution in [3.05, 3.63) is 17.8 Å². The van der Waals surface area contributed by atoms with Gasteiger partial charge in [-0.15, -0.1) is 0 Å². The molecule has 2 rings (SSSR count). The van der Waals surface area contributed by atoms with E-state index in [2.05, 4.69) is 17.2 Å². The van der Waals surface area contributed by atoms with Gasteiger partial charge in [-0.25, -0.2) is 4.98 Å². The molecule has 17 heavy (non-hydrogen) atoms. The number of nitrogen functional groups attached to an aromatic ring is 1. The largest absolute Gasteiger partial charge is 0.396 e. The van der Waals surface area contributed by atoms with Crippen LogP contribution in [0.1, 0.15) is 44.7 Å². The van der Waals surface area contributed by atoms with Gasteiger partial charge in [0.05, 0.1) is 5.69 Å². The Balaban J connectivity index is 2.02. The normalized spacial score (nSPS) is 24.6. The Morgan fingerprint density at radius 1 is 1.41 bits per heavy atom. The number of nitrogens with two attached hydrogens (primary N) is 1. The zero-order chi connectivity index (χ0) is 12.3. The molecule has 2 atom stereocenters. The van der Waals surface area contributed by atoms with E-state index in [0.29, 0.717) is 6.04 Å². The van der Waals surface area contributed by atoms with Gasteiger partial charge in [0.1, 0.15) is 5.82 Å². The van der Waals surface area contributed by atoms with Crippen molar-refractivity contribution in [1.29, 1.82) is 0 Å². The van der Waals surface area contributed by atoms with Gasteiger partial charge in [0.15, 0.2) is 0 Å². The lowest BCUT2D eigenvalue weighted by Gasteiger charge is -2.29. The summed E-state index contributed by atoms with van der Waals surface area (Å²) in [5.74, 6) is 1.74. The third-order valence-electron chi connectivity index (χ3n) is 3.77. The molecule has 1 fully saturated rings. The molecule has 1 aromatic rings. The quantitative estimate of drug-likeness (QED) is 0.841. The Morgan fingerprint density at radius 3 is 3.00 bits per heavy atom. The number of pyridine rings is 1. The molecule has 3 heteroatoms. The first-order chi connectivity index (χ1) is 8.19. The van der Waals surface area contributed by atoms with Crippen molar-refractivity contribution in [2.24, 2.45) is 5.92 Å². The minimum Gasteiger partial charge on any atom is -0.396 e. The summed E-state index contributed by atoms with van der Waals surface area (Å²) in [4.78, 5) is 4.48. The van der Waals surface area contributed by atoms with Gasteiger partial charge in [-0.1, -0.05) is 26.2 Å². The van der Waals surface area contributed by atoms with Crippen molar-refractivity contribution in [1.82, 2.24) is 4.98 Å². The van der Waals surface area contributed by atoms with Crippen LogP contribution < -0.4 is 11.1 Å². The Bertz CT molecular complexity index is 376. The second-order valence-electron chi connectivity index (χ2n) is 5.17. The summed E-state index contributed by atoms with van der Waals surface area (Å²) in [6.07, 6.45) is 6.49. The molecule has 1 heterocycles. The highest BCUT2D eigenvalue weighted by atomic mass is 15.0. The van der Waals surface area contributed by atoms with Crippen molar-refractivity contribution >= 4 is 11.5 Å². The average Bonchev–Trinajstić information content (AvgIpc) is 2.34. The second-order valence-corrected chi connectivity index (χ2v) is 5.17. The number of nitrogens with zero attached hydrogens (tertiary/aromatic N) is 1. The lowest BCUT2D eigenvalue weighted by Crippen LogP contribution is -2.28. The van der Waals surface area contributed by atoms with Crippen LogP contribution in [0.5, 0.6) is 0 Å². The van der Waals surface area contributed by atoms with Crippen LogP contribution >= 0.6 is 0 Å². The summed E-state index contributed by atoms with van der Waals surface area (Å²) in [7, 11) is 0. The van der Waals surface area contributed by atoms with Gasteiger partial charge in [-0.3, -0.25) is 0 Å². The third-order valence-corrected chi connectivity index (χ3v) is 3.77. The summed E-state index contributed by atoms with van der Waals surface area (Å²) in [5, 5.41) is 3.52. The maximum absolute atomic E-state index is 5.95. The van der Waals surface area contributed by atoms with Crippen molar-refractivity contribution in [3.63, 3.8) is 0 Å². The fourth-order valence-electron chi connectivity index (χ4n) is 2.67. The summed E-state index contributed by atoms with van der Waals surface area (Å²) in [6, 6.07) is 4.44. The molecule has 0 radical (unpaired) electrons. The number of nitrogens with one attached hydrogen (secondary N) is 1. The van der Waals surface area contributed by atoms with Gasteiger partial charge in [-0.05, 0) is 37.8 Å². The lowest BCUT2D eigenvalue weighted by atomic mass is 9.84. The van der Waals surface area contributed by atoms with E-state index >= 15 is 0 Å². The molecule has 3 nitrogen and oxygen atoms in total. The Hall–Kier alpha value is -1.25. The van der Waals surface area contributed by atoms with Crippen LogP contribution in [-0.4, -0.2) is 11.0 Å². The number of aryl methyl sites for hydroxylation is 1. The van der Waals surface area contributed by atoms with Crippen LogP contribution in [0.3, 0.4) is 0 Å². The first kappa shape index (κ1) is 12.2. The van der Waals surface area contributed by atoms with E-state index in [9.17, 15) is 0 Å². The van der Waals surface area contributed by atoms with Crippen LogP contribution in [0.25, 0.3) is 0 Å². The van der Waals surface area contributed by atoms with E-state index in [1.54, 1.807) is 0 Å². The molecule has 0 bridgehead atoms. The predicted molar refractivity (Wildman–Crippen MR) is 73.0 cm³/mol. The second kappa shape index (κ2) is 5.39. The Kier molecular flexibility index (Phi) is 3.87. The van der Waals surface area contributed by atoms with Crippen LogP contribution in [0, 0.1) is 12.8 Å². The molecule has 0 spiro atoms. The predicted octanol–water partition coefficient (Wildman–Crippen LogP) is 3.35. The molecular weight excluding hydrogens is 210 g/mol. The van der Waals surface area contributed by atoms with Crippen LogP contribution in [-0.2, 0) is 0 Å². The Morgan fingerprint density at radius 2 is 2.24 bits per heavy atom. The molecule has 1 saturated carbocycles. The number of anilines is 2. The molecule has 2 unspecified atom stereocenters. The van der Waals surface area contributed by atoms with Crippen molar-refractivity contribution < 1.29 is 0 Å². The van der Waals surface area contributed by atoms with E-state index in [1.165, 1.54) is 32.1 Å². The van der Waals surface area contributed by atoms with Gasteiger partial charge in [0, 0.05) is 11.7 Å². The monoisotopic (exact) mass is 233 g/mol. The van der Waals surface area contributed by atoms with E-state index in [4.69, 9.17) is 5.73 Å². The maximum atomic E-state index is 5.95. The van der Waals surface area contributed by atoms with Gasteiger partial charge in [0.2, 0.25) is 0 Å². The molecule has 1 aromatic heterocycles. The fraction of sp³-hybridized carbons (Fsp3) is 0.643. The zero-order valence-corrected chi connectivity index (χ0v) is 10.9. The van der Waals surface area contributed by atoms with Crippen molar-refractivity contribution in [2.75, 3.05) is 11.1 Å². The number of hydrogen-bond acceptors (Lipinski definition) is 3. The Labute approximate surface area is 104 Å². The third kappa shape index (κ3) is 3.11.